The number of halogens is 2. The summed E-state index contributed by atoms with van der Waals surface area (Å²) in [5.41, 5.74) is 0. The van der Waals surface area contributed by atoms with Crippen molar-refractivity contribution in [2.75, 3.05) is 6.61 Å². The fourth-order valence-electron chi connectivity index (χ4n) is 2.78. The first-order valence-corrected chi connectivity index (χ1v) is 11.5. The molecule has 1 heterocycles. The highest BCUT2D eigenvalue weighted by Gasteiger charge is 2.19. The zero-order valence-corrected chi connectivity index (χ0v) is 20.7. The van der Waals surface area contributed by atoms with Gasteiger partial charge in [0, 0.05) is 6.20 Å². The van der Waals surface area contributed by atoms with Crippen molar-refractivity contribution in [3.63, 3.8) is 0 Å². The van der Waals surface area contributed by atoms with Gasteiger partial charge in [0.05, 0.1) is 11.6 Å². The molecule has 0 aliphatic carbocycles. The standard InChI is InChI=1S/C26H25ClFNO7/c1-4-13-32-25(30)16(2)33-19-7-11-22(12-8-19)36-26(31)17(3)34-20-5-9-21(10-6-20)35-24-23(28)14-18(27)15-29-24/h5-12,14-17H,4,13H2,1-3H3/t16-,17-/m1/s1. The topological polar surface area (TPSA) is 93.2 Å². The molecule has 0 aliphatic rings. The van der Waals surface area contributed by atoms with Gasteiger partial charge in [0.2, 0.25) is 0 Å². The van der Waals surface area contributed by atoms with Crippen LogP contribution in [0.1, 0.15) is 27.2 Å². The van der Waals surface area contributed by atoms with E-state index < -0.39 is 30.0 Å². The lowest BCUT2D eigenvalue weighted by Gasteiger charge is -2.15. The monoisotopic (exact) mass is 517 g/mol. The van der Waals surface area contributed by atoms with E-state index in [0.29, 0.717) is 23.9 Å². The van der Waals surface area contributed by atoms with Crippen molar-refractivity contribution in [3.8, 4) is 28.9 Å². The Balaban J connectivity index is 1.49. The van der Waals surface area contributed by atoms with Gasteiger partial charge in [-0.2, -0.15) is 0 Å². The molecule has 2 aromatic carbocycles. The molecule has 0 spiro atoms. The lowest BCUT2D eigenvalue weighted by molar-refractivity contribution is -0.151. The zero-order valence-electron chi connectivity index (χ0n) is 19.9. The van der Waals surface area contributed by atoms with E-state index in [4.69, 9.17) is 35.3 Å². The van der Waals surface area contributed by atoms with E-state index in [2.05, 4.69) is 4.98 Å². The summed E-state index contributed by atoms with van der Waals surface area (Å²) in [6.07, 6.45) is 0.313. The molecule has 0 bridgehead atoms. The summed E-state index contributed by atoms with van der Waals surface area (Å²) in [7, 11) is 0. The SMILES string of the molecule is CCCOC(=O)[C@@H](C)Oc1ccc(OC(=O)[C@@H](C)Oc2ccc(Oc3ncc(Cl)cc3F)cc2)cc1. The van der Waals surface area contributed by atoms with Gasteiger partial charge in [-0.3, -0.25) is 0 Å². The molecule has 2 atom stereocenters. The van der Waals surface area contributed by atoms with Crippen molar-refractivity contribution in [1.82, 2.24) is 4.98 Å². The molecule has 36 heavy (non-hydrogen) atoms. The number of rotatable bonds is 11. The van der Waals surface area contributed by atoms with Gasteiger partial charge in [0.25, 0.3) is 5.88 Å². The van der Waals surface area contributed by atoms with Crippen LogP contribution in [0.25, 0.3) is 0 Å². The van der Waals surface area contributed by atoms with Crippen molar-refractivity contribution in [2.45, 2.75) is 39.4 Å². The second kappa shape index (κ2) is 12.7. The number of aromatic nitrogens is 1. The Morgan fingerprint density at radius 2 is 1.42 bits per heavy atom. The molecule has 0 aliphatic heterocycles. The average Bonchev–Trinajstić information content (AvgIpc) is 2.86. The minimum Gasteiger partial charge on any atom is -0.479 e. The third-order valence-corrected chi connectivity index (χ3v) is 4.80. The van der Waals surface area contributed by atoms with Crippen LogP contribution < -0.4 is 18.9 Å². The number of esters is 2. The van der Waals surface area contributed by atoms with Gasteiger partial charge in [0.1, 0.15) is 23.0 Å². The van der Waals surface area contributed by atoms with Gasteiger partial charge in [-0.05, 0) is 74.9 Å². The fourth-order valence-corrected chi connectivity index (χ4v) is 2.93. The summed E-state index contributed by atoms with van der Waals surface area (Å²) in [5.74, 6) is -0.568. The second-order valence-electron chi connectivity index (χ2n) is 7.59. The molecule has 0 saturated carbocycles. The lowest BCUT2D eigenvalue weighted by atomic mass is 10.3. The van der Waals surface area contributed by atoms with Crippen LogP contribution in [0.4, 0.5) is 4.39 Å². The van der Waals surface area contributed by atoms with E-state index in [-0.39, 0.29) is 16.7 Å². The first-order chi connectivity index (χ1) is 17.2. The highest BCUT2D eigenvalue weighted by Crippen LogP contribution is 2.26. The van der Waals surface area contributed by atoms with Gasteiger partial charge >= 0.3 is 11.9 Å². The molecular formula is C26H25ClFNO7. The van der Waals surface area contributed by atoms with Crippen LogP contribution in [0.15, 0.2) is 60.8 Å². The van der Waals surface area contributed by atoms with E-state index in [1.54, 1.807) is 62.4 Å². The van der Waals surface area contributed by atoms with Crippen LogP contribution in [0, 0.1) is 5.82 Å². The first-order valence-electron chi connectivity index (χ1n) is 11.2. The molecule has 0 saturated heterocycles. The number of nitrogens with zero attached hydrogens (tertiary/aromatic N) is 1. The molecule has 10 heteroatoms. The summed E-state index contributed by atoms with van der Waals surface area (Å²) in [6, 6.07) is 13.5. The number of hydrogen-bond acceptors (Lipinski definition) is 8. The maximum Gasteiger partial charge on any atom is 0.352 e. The van der Waals surface area contributed by atoms with E-state index in [1.807, 2.05) is 6.92 Å². The van der Waals surface area contributed by atoms with Crippen molar-refractivity contribution in [1.29, 1.82) is 0 Å². The van der Waals surface area contributed by atoms with E-state index in [1.165, 1.54) is 6.20 Å². The molecule has 0 amide bonds. The molecule has 0 unspecified atom stereocenters. The third-order valence-electron chi connectivity index (χ3n) is 4.59. The molecule has 0 N–H and O–H groups in total. The quantitative estimate of drug-likeness (QED) is 0.234. The number of carbonyl (C=O) groups is 2. The predicted molar refractivity (Wildman–Crippen MR) is 129 cm³/mol. The van der Waals surface area contributed by atoms with Crippen LogP contribution in [0.2, 0.25) is 5.02 Å². The summed E-state index contributed by atoms with van der Waals surface area (Å²) in [6.45, 7) is 5.37. The molecule has 190 valence electrons. The molecule has 0 radical (unpaired) electrons. The molecule has 8 nitrogen and oxygen atoms in total. The third kappa shape index (κ3) is 7.84. The molecule has 1 aromatic heterocycles. The minimum atomic E-state index is -0.920. The van der Waals surface area contributed by atoms with Gasteiger partial charge in [-0.1, -0.05) is 18.5 Å². The van der Waals surface area contributed by atoms with Crippen LogP contribution in [-0.4, -0.2) is 35.7 Å². The average molecular weight is 518 g/mol. The second-order valence-corrected chi connectivity index (χ2v) is 8.03. The molecule has 3 rings (SSSR count). The maximum atomic E-state index is 13.8. The largest absolute Gasteiger partial charge is 0.479 e. The van der Waals surface area contributed by atoms with Gasteiger partial charge < -0.3 is 23.7 Å². The van der Waals surface area contributed by atoms with Crippen molar-refractivity contribution < 1.29 is 37.7 Å². The zero-order chi connectivity index (χ0) is 26.1. The van der Waals surface area contributed by atoms with E-state index >= 15 is 0 Å². The van der Waals surface area contributed by atoms with Gasteiger partial charge in [-0.15, -0.1) is 0 Å². The number of carbonyl (C=O) groups excluding carboxylic acids is 2. The van der Waals surface area contributed by atoms with Crippen LogP contribution in [0.5, 0.6) is 28.9 Å². The van der Waals surface area contributed by atoms with Crippen LogP contribution >= 0.6 is 11.6 Å². The lowest BCUT2D eigenvalue weighted by Crippen LogP contribution is -2.28. The van der Waals surface area contributed by atoms with Crippen molar-refractivity contribution in [2.24, 2.45) is 0 Å². The van der Waals surface area contributed by atoms with Gasteiger partial charge in [-0.25, -0.2) is 19.0 Å². The van der Waals surface area contributed by atoms with Crippen molar-refractivity contribution in [3.05, 3.63) is 71.6 Å². The Kier molecular flexibility index (Phi) is 9.46. The summed E-state index contributed by atoms with van der Waals surface area (Å²) in [4.78, 5) is 28.0. The number of hydrogen-bond donors (Lipinski definition) is 0. The Morgan fingerprint density at radius 1 is 0.889 bits per heavy atom. The summed E-state index contributed by atoms with van der Waals surface area (Å²) in [5, 5.41) is 0.160. The Bertz CT molecular complexity index is 1170. The smallest absolute Gasteiger partial charge is 0.352 e. The highest BCUT2D eigenvalue weighted by molar-refractivity contribution is 6.30. The van der Waals surface area contributed by atoms with Crippen LogP contribution in [0.3, 0.4) is 0 Å². The Labute approximate surface area is 212 Å². The highest BCUT2D eigenvalue weighted by atomic mass is 35.5. The van der Waals surface area contributed by atoms with Crippen molar-refractivity contribution >= 4 is 23.5 Å². The fraction of sp³-hybridized carbons (Fsp3) is 0.269. The summed E-state index contributed by atoms with van der Waals surface area (Å²) < 4.78 is 40.8. The summed E-state index contributed by atoms with van der Waals surface area (Å²) >= 11 is 5.68. The normalized spacial score (nSPS) is 12.2. The first kappa shape index (κ1) is 26.7. The minimum absolute atomic E-state index is 0.160. The Morgan fingerprint density at radius 3 is 1.97 bits per heavy atom. The maximum absolute atomic E-state index is 13.8. The van der Waals surface area contributed by atoms with E-state index in [0.717, 1.165) is 12.5 Å². The van der Waals surface area contributed by atoms with Gasteiger partial charge in [0.15, 0.2) is 18.0 Å². The predicted octanol–water partition coefficient (Wildman–Crippen LogP) is 5.76. The Hall–Kier alpha value is -3.85. The van der Waals surface area contributed by atoms with E-state index in [9.17, 15) is 14.0 Å². The molecule has 3 aromatic rings. The molecular weight excluding hydrogens is 493 g/mol. The molecule has 0 fully saturated rings. The number of benzene rings is 2. The number of pyridine rings is 1. The van der Waals surface area contributed by atoms with Crippen LogP contribution in [-0.2, 0) is 14.3 Å². The number of ether oxygens (including phenoxy) is 5.